The van der Waals surface area contributed by atoms with Gasteiger partial charge in [-0.3, -0.25) is 4.79 Å². The predicted octanol–water partition coefficient (Wildman–Crippen LogP) is 4.79. The maximum Gasteiger partial charge on any atom is 0.416 e. The number of benzene rings is 1. The van der Waals surface area contributed by atoms with E-state index in [1.54, 1.807) is 0 Å². The molecule has 1 rings (SSSR count). The first kappa shape index (κ1) is 18.0. The summed E-state index contributed by atoms with van der Waals surface area (Å²) in [7, 11) is 0. The summed E-state index contributed by atoms with van der Waals surface area (Å²) in [6.45, 7) is 5.36. The van der Waals surface area contributed by atoms with Crippen LogP contribution in [0, 0.1) is 6.92 Å². The summed E-state index contributed by atoms with van der Waals surface area (Å²) in [5, 5.41) is 0. The summed E-state index contributed by atoms with van der Waals surface area (Å²) in [5.41, 5.74) is -1.39. The molecule has 0 saturated heterocycles. The molecule has 0 unspecified atom stereocenters. The van der Waals surface area contributed by atoms with Gasteiger partial charge in [-0.15, -0.1) is 0 Å². The summed E-state index contributed by atoms with van der Waals surface area (Å²) >= 11 is 0. The molecule has 0 fully saturated rings. The van der Waals surface area contributed by atoms with Crippen molar-refractivity contribution < 1.29 is 22.4 Å². The zero-order chi connectivity index (χ0) is 12.9. The Bertz CT molecular complexity index is 369. The van der Waals surface area contributed by atoms with Gasteiger partial charge in [-0.1, -0.05) is 21.3 Å². The summed E-state index contributed by atoms with van der Waals surface area (Å²) in [6, 6.07) is 0.554. The number of aryl methyl sites for hydroxylation is 1. The van der Waals surface area contributed by atoms with Crippen LogP contribution in [0.2, 0.25) is 0 Å². The summed E-state index contributed by atoms with van der Waals surface area (Å²) in [4.78, 5) is 10.2. The van der Waals surface area contributed by atoms with Gasteiger partial charge in [0.05, 0.1) is 11.1 Å². The number of halogens is 4. The van der Waals surface area contributed by atoms with Crippen LogP contribution in [0.4, 0.5) is 17.6 Å². The molecule has 0 amide bonds. The molecule has 0 aromatic heterocycles. The zero-order valence-corrected chi connectivity index (χ0v) is 9.15. The highest BCUT2D eigenvalue weighted by molar-refractivity contribution is 5.88. The van der Waals surface area contributed by atoms with Gasteiger partial charge < -0.3 is 0 Å². The third-order valence-corrected chi connectivity index (χ3v) is 1.63. The lowest BCUT2D eigenvalue weighted by atomic mass is 10.1. The Morgan fingerprint density at radius 2 is 1.59 bits per heavy atom. The standard InChI is InChI=1S/C9H6F4O.C2H6.CH4/c1-5-2-6(8(10)14)4-7(3-5)9(11,12)13;1-2;/h2-4H,1H3;1-2H3;1H4. The Balaban J connectivity index is 0. The first-order chi connectivity index (χ1) is 7.30. The number of hydrogen-bond acceptors (Lipinski definition) is 1. The molecule has 5 heteroatoms. The van der Waals surface area contributed by atoms with Gasteiger partial charge in [0.2, 0.25) is 0 Å². The van der Waals surface area contributed by atoms with E-state index in [1.807, 2.05) is 13.8 Å². The molecule has 0 heterocycles. The largest absolute Gasteiger partial charge is 0.416 e. The Labute approximate surface area is 98.5 Å². The lowest BCUT2D eigenvalue weighted by Gasteiger charge is -2.08. The van der Waals surface area contributed by atoms with Crippen molar-refractivity contribution in [3.63, 3.8) is 0 Å². The van der Waals surface area contributed by atoms with Crippen LogP contribution in [0.1, 0.15) is 42.8 Å². The highest BCUT2D eigenvalue weighted by Gasteiger charge is 2.31. The highest BCUT2D eigenvalue weighted by Crippen LogP contribution is 2.30. The zero-order valence-electron chi connectivity index (χ0n) is 9.15. The van der Waals surface area contributed by atoms with E-state index in [0.717, 1.165) is 12.1 Å². The third-order valence-electron chi connectivity index (χ3n) is 1.63. The molecule has 1 aromatic rings. The molecule has 17 heavy (non-hydrogen) atoms. The van der Waals surface area contributed by atoms with Gasteiger partial charge in [-0.2, -0.15) is 17.6 Å². The molecule has 0 saturated carbocycles. The first-order valence-electron chi connectivity index (χ1n) is 4.69. The van der Waals surface area contributed by atoms with Gasteiger partial charge >= 0.3 is 12.2 Å². The van der Waals surface area contributed by atoms with Crippen molar-refractivity contribution in [3.8, 4) is 0 Å². The molecule has 0 aliphatic rings. The molecule has 98 valence electrons. The minimum atomic E-state index is -4.56. The third kappa shape index (κ3) is 5.47. The molecular formula is C12H16F4O. The fraction of sp³-hybridized carbons (Fsp3) is 0.417. The minimum Gasteiger partial charge on any atom is -0.255 e. The number of hydrogen-bond donors (Lipinski definition) is 0. The van der Waals surface area contributed by atoms with Gasteiger partial charge in [-0.25, -0.2) is 0 Å². The maximum atomic E-state index is 12.2. The Hall–Kier alpha value is -1.39. The second-order valence-electron chi connectivity index (χ2n) is 2.86. The number of carbonyl (C=O) groups excluding carboxylic acids is 1. The maximum absolute atomic E-state index is 12.2. The Kier molecular flexibility index (Phi) is 7.45. The van der Waals surface area contributed by atoms with E-state index in [2.05, 4.69) is 0 Å². The van der Waals surface area contributed by atoms with Crippen molar-refractivity contribution in [2.24, 2.45) is 0 Å². The Morgan fingerprint density at radius 1 is 1.12 bits per heavy atom. The van der Waals surface area contributed by atoms with Crippen LogP contribution >= 0.6 is 0 Å². The van der Waals surface area contributed by atoms with E-state index in [4.69, 9.17) is 0 Å². The predicted molar refractivity (Wildman–Crippen MR) is 59.7 cm³/mol. The van der Waals surface area contributed by atoms with Crippen LogP contribution in [0.5, 0.6) is 0 Å². The fourth-order valence-corrected chi connectivity index (χ4v) is 1.06. The van der Waals surface area contributed by atoms with Crippen LogP contribution in [-0.2, 0) is 6.18 Å². The quantitative estimate of drug-likeness (QED) is 0.519. The molecule has 0 bridgehead atoms. The first-order valence-corrected chi connectivity index (χ1v) is 4.69. The average molecular weight is 252 g/mol. The molecule has 0 N–H and O–H groups in total. The van der Waals surface area contributed by atoms with Gasteiger partial charge in [0.15, 0.2) is 0 Å². The second kappa shape index (κ2) is 7.04. The lowest BCUT2D eigenvalue weighted by molar-refractivity contribution is -0.137. The summed E-state index contributed by atoms with van der Waals surface area (Å²) < 4.78 is 48.7. The number of rotatable bonds is 1. The summed E-state index contributed by atoms with van der Waals surface area (Å²) in [6.07, 6.45) is -4.56. The monoisotopic (exact) mass is 252 g/mol. The summed E-state index contributed by atoms with van der Waals surface area (Å²) in [5.74, 6) is 0. The molecule has 1 nitrogen and oxygen atoms in total. The van der Waals surface area contributed by atoms with Gasteiger partial charge in [0, 0.05) is 0 Å². The molecular weight excluding hydrogens is 236 g/mol. The normalized spacial score (nSPS) is 9.82. The van der Waals surface area contributed by atoms with Gasteiger partial charge in [0.1, 0.15) is 0 Å². The van der Waals surface area contributed by atoms with Crippen molar-refractivity contribution in [2.45, 2.75) is 34.4 Å². The molecule has 0 spiro atoms. The number of alkyl halides is 3. The van der Waals surface area contributed by atoms with Crippen LogP contribution in [0.3, 0.4) is 0 Å². The molecule has 0 radical (unpaired) electrons. The fourth-order valence-electron chi connectivity index (χ4n) is 1.06. The molecule has 1 aromatic carbocycles. The highest BCUT2D eigenvalue weighted by atomic mass is 19.4. The van der Waals surface area contributed by atoms with E-state index in [9.17, 15) is 22.4 Å². The van der Waals surface area contributed by atoms with E-state index >= 15 is 0 Å². The van der Waals surface area contributed by atoms with Crippen molar-refractivity contribution in [1.29, 1.82) is 0 Å². The number of carbonyl (C=O) groups is 1. The van der Waals surface area contributed by atoms with Crippen molar-refractivity contribution >= 4 is 6.04 Å². The van der Waals surface area contributed by atoms with E-state index in [0.29, 0.717) is 6.07 Å². The van der Waals surface area contributed by atoms with E-state index in [1.165, 1.54) is 6.92 Å². The van der Waals surface area contributed by atoms with Crippen molar-refractivity contribution in [1.82, 2.24) is 0 Å². The average Bonchev–Trinajstić information content (AvgIpc) is 2.18. The van der Waals surface area contributed by atoms with Crippen LogP contribution in [0.15, 0.2) is 18.2 Å². The van der Waals surface area contributed by atoms with Gasteiger partial charge in [0.25, 0.3) is 0 Å². The Morgan fingerprint density at radius 3 is 1.94 bits per heavy atom. The van der Waals surface area contributed by atoms with Crippen molar-refractivity contribution in [2.75, 3.05) is 0 Å². The van der Waals surface area contributed by atoms with Crippen LogP contribution in [0.25, 0.3) is 0 Å². The second-order valence-corrected chi connectivity index (χ2v) is 2.86. The van der Waals surface area contributed by atoms with Crippen molar-refractivity contribution in [3.05, 3.63) is 34.9 Å². The van der Waals surface area contributed by atoms with Gasteiger partial charge in [-0.05, 0) is 30.7 Å². The minimum absolute atomic E-state index is 0. The van der Waals surface area contributed by atoms with Crippen LogP contribution in [-0.4, -0.2) is 6.04 Å². The SMILES string of the molecule is C.CC.Cc1cc(C(=O)F)cc(C(F)(F)F)c1. The van der Waals surface area contributed by atoms with Crippen LogP contribution < -0.4 is 0 Å². The topological polar surface area (TPSA) is 17.1 Å². The van der Waals surface area contributed by atoms with E-state index < -0.39 is 23.3 Å². The lowest BCUT2D eigenvalue weighted by Crippen LogP contribution is -2.07. The molecule has 0 aliphatic heterocycles. The molecule has 0 aliphatic carbocycles. The smallest absolute Gasteiger partial charge is 0.255 e. The van der Waals surface area contributed by atoms with E-state index in [-0.39, 0.29) is 13.0 Å². The molecule has 0 atom stereocenters.